The van der Waals surface area contributed by atoms with Crippen LogP contribution in [0.2, 0.25) is 0 Å². The van der Waals surface area contributed by atoms with Gasteiger partial charge in [0.25, 0.3) is 0 Å². The fourth-order valence-corrected chi connectivity index (χ4v) is 3.23. The van der Waals surface area contributed by atoms with E-state index in [1.54, 1.807) is 30.3 Å². The van der Waals surface area contributed by atoms with E-state index in [1.807, 2.05) is 0 Å². The normalized spacial score (nSPS) is 13.2. The molecule has 2 aromatic rings. The lowest BCUT2D eigenvalue weighted by Gasteiger charge is -2.24. The van der Waals surface area contributed by atoms with E-state index in [0.29, 0.717) is 11.3 Å². The number of benzene rings is 1. The Labute approximate surface area is 201 Å². The van der Waals surface area contributed by atoms with Crippen LogP contribution in [0.3, 0.4) is 0 Å². The molecule has 188 valence electrons. The second kappa shape index (κ2) is 13.4. The molecule has 9 N–H and O–H groups in total. The predicted octanol–water partition coefficient (Wildman–Crippen LogP) is -2.04. The largest absolute Gasteiger partial charge is 0.480 e. The van der Waals surface area contributed by atoms with Crippen molar-refractivity contribution in [3.05, 3.63) is 54.1 Å². The number of carbonyl (C=O) groups excluding carboxylic acids is 4. The highest BCUT2D eigenvalue weighted by atomic mass is 16.4. The molecule has 0 aliphatic rings. The maximum Gasteiger partial charge on any atom is 0.326 e. The van der Waals surface area contributed by atoms with Gasteiger partial charge in [-0.3, -0.25) is 19.2 Å². The smallest absolute Gasteiger partial charge is 0.326 e. The lowest BCUT2D eigenvalue weighted by Crippen LogP contribution is -2.57. The van der Waals surface area contributed by atoms with E-state index in [0.717, 1.165) is 0 Å². The molecule has 3 unspecified atom stereocenters. The number of hydrogen-bond donors (Lipinski definition) is 7. The Morgan fingerprint density at radius 1 is 0.943 bits per heavy atom. The fourth-order valence-electron chi connectivity index (χ4n) is 3.23. The molecular weight excluding hydrogens is 458 g/mol. The van der Waals surface area contributed by atoms with Crippen LogP contribution in [0.4, 0.5) is 0 Å². The summed E-state index contributed by atoms with van der Waals surface area (Å²) in [5, 5.41) is 17.0. The molecule has 0 saturated carbocycles. The number of imidazole rings is 1. The summed E-state index contributed by atoms with van der Waals surface area (Å²) in [5.74, 6) is -4.07. The molecule has 1 heterocycles. The molecule has 0 saturated heterocycles. The molecule has 2 rings (SSSR count). The van der Waals surface area contributed by atoms with Crippen LogP contribution >= 0.6 is 0 Å². The number of rotatable bonds is 14. The lowest BCUT2D eigenvalue weighted by atomic mass is 10.0. The Balaban J connectivity index is 2.21. The van der Waals surface area contributed by atoms with E-state index >= 15 is 0 Å². The van der Waals surface area contributed by atoms with Crippen LogP contribution in [0, 0.1) is 0 Å². The van der Waals surface area contributed by atoms with E-state index < -0.39 is 47.7 Å². The predicted molar refractivity (Wildman–Crippen MR) is 123 cm³/mol. The van der Waals surface area contributed by atoms with Crippen LogP contribution in [0.5, 0.6) is 0 Å². The Kier molecular flexibility index (Phi) is 10.4. The number of hydrogen-bond acceptors (Lipinski definition) is 7. The molecule has 1 aromatic carbocycles. The van der Waals surface area contributed by atoms with Crippen LogP contribution < -0.4 is 27.4 Å². The number of aromatic nitrogens is 2. The summed E-state index contributed by atoms with van der Waals surface area (Å²) < 4.78 is 0. The van der Waals surface area contributed by atoms with Crippen molar-refractivity contribution in [3.63, 3.8) is 0 Å². The first-order valence-electron chi connectivity index (χ1n) is 10.8. The number of carbonyl (C=O) groups is 5. The SMILES string of the molecule is NCC(=O)NC(CCC(N)=O)C(=O)NC(Cc1ccccc1)C(=O)NC(Cc1cnc[nH]1)C(=O)O. The Bertz CT molecular complexity index is 1010. The van der Waals surface area contributed by atoms with E-state index in [4.69, 9.17) is 11.5 Å². The van der Waals surface area contributed by atoms with Gasteiger partial charge < -0.3 is 37.5 Å². The minimum atomic E-state index is -1.29. The van der Waals surface area contributed by atoms with Gasteiger partial charge in [0.05, 0.1) is 12.9 Å². The van der Waals surface area contributed by atoms with Gasteiger partial charge in [-0.05, 0) is 12.0 Å². The molecule has 0 radical (unpaired) electrons. The second-order valence-corrected chi connectivity index (χ2v) is 7.76. The average Bonchev–Trinajstić information content (AvgIpc) is 3.34. The van der Waals surface area contributed by atoms with Gasteiger partial charge in [-0.15, -0.1) is 0 Å². The maximum atomic E-state index is 13.1. The molecule has 13 nitrogen and oxygen atoms in total. The number of aromatic amines is 1. The van der Waals surface area contributed by atoms with Crippen molar-refractivity contribution < 1.29 is 29.1 Å². The highest BCUT2D eigenvalue weighted by Gasteiger charge is 2.30. The molecule has 13 heteroatoms. The Morgan fingerprint density at radius 3 is 2.17 bits per heavy atom. The monoisotopic (exact) mass is 487 g/mol. The first-order valence-corrected chi connectivity index (χ1v) is 10.8. The summed E-state index contributed by atoms with van der Waals surface area (Å²) >= 11 is 0. The third kappa shape index (κ3) is 9.25. The Morgan fingerprint density at radius 2 is 1.60 bits per heavy atom. The van der Waals surface area contributed by atoms with Gasteiger partial charge in [-0.1, -0.05) is 30.3 Å². The number of carboxylic acid groups (broad SMARTS) is 1. The number of nitrogens with zero attached hydrogens (tertiary/aromatic N) is 1. The van der Waals surface area contributed by atoms with Gasteiger partial charge in [0.15, 0.2) is 0 Å². The fraction of sp³-hybridized carbons (Fsp3) is 0.364. The first kappa shape index (κ1) is 27.0. The maximum absolute atomic E-state index is 13.1. The van der Waals surface area contributed by atoms with Gasteiger partial charge in [0.2, 0.25) is 23.6 Å². The number of amides is 4. The second-order valence-electron chi connectivity index (χ2n) is 7.76. The van der Waals surface area contributed by atoms with Gasteiger partial charge >= 0.3 is 5.97 Å². The van der Waals surface area contributed by atoms with Crippen molar-refractivity contribution in [1.82, 2.24) is 25.9 Å². The molecule has 0 aliphatic heterocycles. The van der Waals surface area contributed by atoms with Crippen molar-refractivity contribution in [2.45, 2.75) is 43.8 Å². The summed E-state index contributed by atoms with van der Waals surface area (Å²) in [6.07, 6.45) is 2.52. The van der Waals surface area contributed by atoms with Crippen molar-refractivity contribution in [2.75, 3.05) is 6.54 Å². The Hall–Kier alpha value is -4.26. The summed E-state index contributed by atoms with van der Waals surface area (Å²) in [5.41, 5.74) is 11.7. The van der Waals surface area contributed by atoms with Gasteiger partial charge in [0.1, 0.15) is 18.1 Å². The highest BCUT2D eigenvalue weighted by molar-refractivity contribution is 5.94. The van der Waals surface area contributed by atoms with Crippen LogP contribution in [0.1, 0.15) is 24.1 Å². The standard InChI is InChI=1S/C22H29N7O6/c23-10-19(31)27-15(6-7-18(24)30)20(32)28-16(8-13-4-2-1-3-5-13)21(33)29-17(22(34)35)9-14-11-25-12-26-14/h1-5,11-12,15-17H,6-10,23H2,(H2,24,30)(H,25,26)(H,27,31)(H,28,32)(H,29,33)(H,34,35). The first-order chi connectivity index (χ1) is 16.7. The molecule has 0 spiro atoms. The zero-order chi connectivity index (χ0) is 25.8. The van der Waals surface area contributed by atoms with Gasteiger partial charge in [-0.2, -0.15) is 0 Å². The van der Waals surface area contributed by atoms with E-state index in [1.165, 1.54) is 12.5 Å². The summed E-state index contributed by atoms with van der Waals surface area (Å²) in [6.45, 7) is -0.387. The van der Waals surface area contributed by atoms with Crippen molar-refractivity contribution >= 4 is 29.6 Å². The number of nitrogens with one attached hydrogen (secondary N) is 4. The van der Waals surface area contributed by atoms with Crippen LogP contribution in [-0.2, 0) is 36.8 Å². The lowest BCUT2D eigenvalue weighted by molar-refractivity contribution is -0.142. The molecule has 0 fully saturated rings. The third-order valence-corrected chi connectivity index (χ3v) is 5.03. The third-order valence-electron chi connectivity index (χ3n) is 5.03. The van der Waals surface area contributed by atoms with Crippen LogP contribution in [0.25, 0.3) is 0 Å². The number of nitrogens with two attached hydrogens (primary N) is 2. The van der Waals surface area contributed by atoms with Crippen LogP contribution in [-0.4, -0.2) is 69.3 Å². The summed E-state index contributed by atoms with van der Waals surface area (Å²) in [7, 11) is 0. The minimum Gasteiger partial charge on any atom is -0.480 e. The topological polar surface area (TPSA) is 222 Å². The van der Waals surface area contributed by atoms with E-state index in [9.17, 15) is 29.1 Å². The van der Waals surface area contributed by atoms with Gasteiger partial charge in [0, 0.05) is 31.2 Å². The minimum absolute atomic E-state index is 0.0438. The zero-order valence-corrected chi connectivity index (χ0v) is 18.9. The molecule has 4 amide bonds. The zero-order valence-electron chi connectivity index (χ0n) is 18.9. The van der Waals surface area contributed by atoms with Crippen LogP contribution in [0.15, 0.2) is 42.9 Å². The molecule has 0 bridgehead atoms. The number of H-pyrrole nitrogens is 1. The van der Waals surface area contributed by atoms with Crippen molar-refractivity contribution in [2.24, 2.45) is 11.5 Å². The van der Waals surface area contributed by atoms with Gasteiger partial charge in [-0.25, -0.2) is 9.78 Å². The molecule has 0 aliphatic carbocycles. The molecular formula is C22H29N7O6. The van der Waals surface area contributed by atoms with E-state index in [2.05, 4.69) is 25.9 Å². The summed E-state index contributed by atoms with van der Waals surface area (Å²) in [4.78, 5) is 67.4. The van der Waals surface area contributed by atoms with E-state index in [-0.39, 0.29) is 32.2 Å². The molecule has 35 heavy (non-hydrogen) atoms. The number of primary amides is 1. The quantitative estimate of drug-likeness (QED) is 0.157. The van der Waals surface area contributed by atoms with Crippen molar-refractivity contribution in [3.8, 4) is 0 Å². The van der Waals surface area contributed by atoms with Crippen molar-refractivity contribution in [1.29, 1.82) is 0 Å². The number of aliphatic carboxylic acids is 1. The molecule has 1 aromatic heterocycles. The average molecular weight is 488 g/mol. The summed E-state index contributed by atoms with van der Waals surface area (Å²) in [6, 6.07) is 5.12. The highest BCUT2D eigenvalue weighted by Crippen LogP contribution is 2.07. The molecule has 3 atom stereocenters. The number of carboxylic acids is 1.